The highest BCUT2D eigenvalue weighted by molar-refractivity contribution is 7.99. The summed E-state index contributed by atoms with van der Waals surface area (Å²) in [4.78, 5) is 4.37. The molecule has 0 amide bonds. The summed E-state index contributed by atoms with van der Waals surface area (Å²) in [6.07, 6.45) is 0.712. The van der Waals surface area contributed by atoms with E-state index in [9.17, 15) is 13.5 Å². The third-order valence-electron chi connectivity index (χ3n) is 3.66. The van der Waals surface area contributed by atoms with Crippen molar-refractivity contribution in [3.05, 3.63) is 48.7 Å². The highest BCUT2D eigenvalue weighted by Gasteiger charge is 2.21. The van der Waals surface area contributed by atoms with Crippen molar-refractivity contribution in [2.45, 2.75) is 29.9 Å². The number of aromatic nitrogens is 1. The van der Waals surface area contributed by atoms with E-state index >= 15 is 0 Å². The molecule has 2 rings (SSSR count). The quantitative estimate of drug-likeness (QED) is 0.622. The number of pyridine rings is 1. The summed E-state index contributed by atoms with van der Waals surface area (Å²) in [6.45, 7) is 4.63. The Morgan fingerprint density at radius 3 is 2.42 bits per heavy atom. The topological polar surface area (TPSA) is 79.7 Å². The minimum atomic E-state index is -3.50. The fourth-order valence-electron chi connectivity index (χ4n) is 2.26. The third-order valence-corrected chi connectivity index (χ3v) is 6.78. The van der Waals surface area contributed by atoms with Gasteiger partial charge in [0.1, 0.15) is 17.3 Å². The predicted molar refractivity (Wildman–Crippen MR) is 103 cm³/mol. The lowest BCUT2D eigenvalue weighted by molar-refractivity contribution is 0.126. The molecule has 0 aliphatic carbocycles. The van der Waals surface area contributed by atoms with Gasteiger partial charge in [0, 0.05) is 25.0 Å². The average Bonchev–Trinajstić information content (AvgIpc) is 2.66. The molecule has 1 N–H and O–H groups in total. The van der Waals surface area contributed by atoms with Gasteiger partial charge in [-0.3, -0.25) is 0 Å². The van der Waals surface area contributed by atoms with Crippen LogP contribution in [-0.4, -0.2) is 54.4 Å². The van der Waals surface area contributed by atoms with E-state index in [1.54, 1.807) is 26.0 Å². The third kappa shape index (κ3) is 5.70. The molecular formula is C18H24N2O4S2. The van der Waals surface area contributed by atoms with E-state index in [2.05, 4.69) is 4.98 Å². The van der Waals surface area contributed by atoms with E-state index in [1.807, 2.05) is 30.3 Å². The van der Waals surface area contributed by atoms with E-state index in [1.165, 1.54) is 22.3 Å². The van der Waals surface area contributed by atoms with Crippen LogP contribution >= 0.6 is 11.8 Å². The number of sulfonamides is 1. The molecule has 26 heavy (non-hydrogen) atoms. The van der Waals surface area contributed by atoms with Crippen molar-refractivity contribution in [3.63, 3.8) is 0 Å². The maximum atomic E-state index is 12.4. The maximum Gasteiger partial charge on any atom is 0.244 e. The van der Waals surface area contributed by atoms with Crippen molar-refractivity contribution in [2.24, 2.45) is 0 Å². The molecule has 0 fully saturated rings. The van der Waals surface area contributed by atoms with Crippen LogP contribution in [0.2, 0.25) is 0 Å². The number of aliphatic hydroxyl groups excluding tert-OH is 1. The van der Waals surface area contributed by atoms with E-state index in [0.29, 0.717) is 29.6 Å². The van der Waals surface area contributed by atoms with Gasteiger partial charge in [0.05, 0.1) is 11.1 Å². The molecule has 0 spiro atoms. The molecule has 0 aliphatic rings. The molecule has 1 aromatic carbocycles. The van der Waals surface area contributed by atoms with Crippen molar-refractivity contribution >= 4 is 21.8 Å². The first-order chi connectivity index (χ1) is 12.5. The van der Waals surface area contributed by atoms with Gasteiger partial charge in [0.15, 0.2) is 0 Å². The van der Waals surface area contributed by atoms with Crippen LogP contribution in [-0.2, 0) is 10.0 Å². The van der Waals surface area contributed by atoms with Crippen LogP contribution < -0.4 is 4.74 Å². The van der Waals surface area contributed by atoms with Crippen molar-refractivity contribution in [1.82, 2.24) is 9.29 Å². The molecule has 0 radical (unpaired) electrons. The molecule has 1 unspecified atom stereocenters. The first kappa shape index (κ1) is 20.7. The lowest BCUT2D eigenvalue weighted by Crippen LogP contribution is -2.30. The second-order valence-electron chi connectivity index (χ2n) is 5.51. The van der Waals surface area contributed by atoms with E-state index in [0.717, 1.165) is 0 Å². The summed E-state index contributed by atoms with van der Waals surface area (Å²) in [5.74, 6) is 1.11. The van der Waals surface area contributed by atoms with Crippen LogP contribution in [0, 0.1) is 0 Å². The van der Waals surface area contributed by atoms with Gasteiger partial charge >= 0.3 is 0 Å². The molecule has 0 bridgehead atoms. The number of rotatable bonds is 10. The van der Waals surface area contributed by atoms with Crippen molar-refractivity contribution in [1.29, 1.82) is 0 Å². The molecule has 6 nitrogen and oxygen atoms in total. The normalized spacial score (nSPS) is 12.9. The molecule has 2 aromatic rings. The highest BCUT2D eigenvalue weighted by atomic mass is 32.2. The summed E-state index contributed by atoms with van der Waals surface area (Å²) >= 11 is 1.35. The Kier molecular flexibility index (Phi) is 7.89. The monoisotopic (exact) mass is 396 g/mol. The highest BCUT2D eigenvalue weighted by Crippen LogP contribution is 2.20. The standard InChI is InChI=1S/C18H24N2O4S2/c1-3-20(4-2)26(22,23)17-10-11-18(19-12-17)25-14-15(21)13-24-16-8-6-5-7-9-16/h5-12,15,21H,3-4,13-14H2,1-2H3. The van der Waals surface area contributed by atoms with Crippen LogP contribution in [0.1, 0.15) is 13.8 Å². The van der Waals surface area contributed by atoms with E-state index in [4.69, 9.17) is 4.74 Å². The Hall–Kier alpha value is -1.61. The van der Waals surface area contributed by atoms with Crippen molar-refractivity contribution < 1.29 is 18.3 Å². The fraction of sp³-hybridized carbons (Fsp3) is 0.389. The van der Waals surface area contributed by atoms with Crippen molar-refractivity contribution in [2.75, 3.05) is 25.4 Å². The number of thioether (sulfide) groups is 1. The number of para-hydroxylation sites is 1. The number of aliphatic hydroxyl groups is 1. The SMILES string of the molecule is CCN(CC)S(=O)(=O)c1ccc(SCC(O)COc2ccccc2)nc1. The largest absolute Gasteiger partial charge is 0.491 e. The average molecular weight is 397 g/mol. The minimum Gasteiger partial charge on any atom is -0.491 e. The second-order valence-corrected chi connectivity index (χ2v) is 8.49. The predicted octanol–water partition coefficient (Wildman–Crippen LogP) is 2.64. The van der Waals surface area contributed by atoms with Crippen LogP contribution in [0.3, 0.4) is 0 Å². The Balaban J connectivity index is 1.87. The summed E-state index contributed by atoms with van der Waals surface area (Å²) < 4.78 is 31.7. The summed E-state index contributed by atoms with van der Waals surface area (Å²) in [6, 6.07) is 12.5. The van der Waals surface area contributed by atoms with Gasteiger partial charge in [0.2, 0.25) is 10.0 Å². The van der Waals surface area contributed by atoms with Gasteiger partial charge in [-0.25, -0.2) is 13.4 Å². The Bertz CT molecular complexity index is 764. The first-order valence-electron chi connectivity index (χ1n) is 8.42. The molecule has 8 heteroatoms. The Morgan fingerprint density at radius 2 is 1.85 bits per heavy atom. The number of ether oxygens (including phenoxy) is 1. The van der Waals surface area contributed by atoms with Gasteiger partial charge in [0.25, 0.3) is 0 Å². The Labute approximate surface area is 159 Å². The Morgan fingerprint density at radius 1 is 1.15 bits per heavy atom. The molecule has 0 saturated heterocycles. The van der Waals surface area contributed by atoms with Gasteiger partial charge in [-0.05, 0) is 24.3 Å². The number of nitrogens with zero attached hydrogens (tertiary/aromatic N) is 2. The second kappa shape index (κ2) is 9.91. The number of hydrogen-bond acceptors (Lipinski definition) is 6. The molecule has 1 atom stereocenters. The first-order valence-corrected chi connectivity index (χ1v) is 10.8. The zero-order valence-corrected chi connectivity index (χ0v) is 16.5. The van der Waals surface area contributed by atoms with E-state index < -0.39 is 16.1 Å². The molecule has 142 valence electrons. The van der Waals surface area contributed by atoms with Crippen molar-refractivity contribution in [3.8, 4) is 5.75 Å². The summed E-state index contributed by atoms with van der Waals surface area (Å²) in [5.41, 5.74) is 0. The fourth-order valence-corrected chi connectivity index (χ4v) is 4.41. The molecule has 1 heterocycles. The van der Waals surface area contributed by atoms with Crippen LogP contribution in [0.5, 0.6) is 5.75 Å². The molecule has 1 aromatic heterocycles. The van der Waals surface area contributed by atoms with Gasteiger partial charge < -0.3 is 9.84 Å². The van der Waals surface area contributed by atoms with Gasteiger partial charge in [-0.1, -0.05) is 32.0 Å². The minimum absolute atomic E-state index is 0.179. The van der Waals surface area contributed by atoms with E-state index in [-0.39, 0.29) is 11.5 Å². The molecule has 0 saturated carbocycles. The summed E-state index contributed by atoms with van der Waals surface area (Å²) in [5, 5.41) is 10.7. The lowest BCUT2D eigenvalue weighted by Gasteiger charge is -2.18. The number of benzene rings is 1. The van der Waals surface area contributed by atoms with Crippen LogP contribution in [0.25, 0.3) is 0 Å². The smallest absolute Gasteiger partial charge is 0.244 e. The van der Waals surface area contributed by atoms with Gasteiger partial charge in [-0.15, -0.1) is 11.8 Å². The van der Waals surface area contributed by atoms with Crippen LogP contribution in [0.4, 0.5) is 0 Å². The molecule has 0 aliphatic heterocycles. The lowest BCUT2D eigenvalue weighted by atomic mass is 10.3. The number of hydrogen-bond donors (Lipinski definition) is 1. The zero-order chi connectivity index (χ0) is 19.0. The zero-order valence-electron chi connectivity index (χ0n) is 14.9. The molecular weight excluding hydrogens is 372 g/mol. The summed E-state index contributed by atoms with van der Waals surface area (Å²) in [7, 11) is -3.50. The van der Waals surface area contributed by atoms with Gasteiger partial charge in [-0.2, -0.15) is 4.31 Å². The maximum absolute atomic E-state index is 12.4. The van der Waals surface area contributed by atoms with Crippen LogP contribution in [0.15, 0.2) is 58.6 Å².